The van der Waals surface area contributed by atoms with Crippen LogP contribution in [0.1, 0.15) is 12.8 Å². The zero-order valence-corrected chi connectivity index (χ0v) is 17.1. The van der Waals surface area contributed by atoms with Crippen LogP contribution in [-0.2, 0) is 14.8 Å². The zero-order chi connectivity index (χ0) is 20.7. The van der Waals surface area contributed by atoms with Crippen LogP contribution in [0.3, 0.4) is 0 Å². The highest BCUT2D eigenvalue weighted by molar-refractivity contribution is 7.91. The van der Waals surface area contributed by atoms with Gasteiger partial charge in [-0.05, 0) is 36.4 Å². The number of para-hydroxylation sites is 1. The van der Waals surface area contributed by atoms with E-state index in [4.69, 9.17) is 8.83 Å². The van der Waals surface area contributed by atoms with Crippen LogP contribution in [0.15, 0.2) is 60.9 Å². The number of aromatic nitrogens is 2. The Morgan fingerprint density at radius 3 is 2.83 bits per heavy atom. The van der Waals surface area contributed by atoms with Crippen molar-refractivity contribution in [3.8, 4) is 11.7 Å². The van der Waals surface area contributed by atoms with Crippen molar-refractivity contribution in [2.75, 3.05) is 11.9 Å². The molecule has 154 valence electrons. The number of fused-ring (bicyclic) bond motifs is 1. The van der Waals surface area contributed by atoms with Gasteiger partial charge in [0.05, 0.1) is 0 Å². The summed E-state index contributed by atoms with van der Waals surface area (Å²) in [5.41, 5.74) is 0.677. The van der Waals surface area contributed by atoms with Crippen LogP contribution in [0.5, 0.6) is 0 Å². The minimum Gasteiger partial charge on any atom is -0.451 e. The average Bonchev–Trinajstić information content (AvgIpc) is 3.54. The number of amides is 1. The van der Waals surface area contributed by atoms with Crippen molar-refractivity contribution in [1.29, 1.82) is 0 Å². The Morgan fingerprint density at radius 1 is 1.17 bits per heavy atom. The van der Waals surface area contributed by atoms with E-state index >= 15 is 0 Å². The number of nitrogens with one attached hydrogen (secondary N) is 1. The SMILES string of the molecule is O=C(Nc1nnc(-c2cc3ccccc3o2)o1)C1CCCN1S(=O)(=O)c1cccs1. The van der Waals surface area contributed by atoms with Crippen LogP contribution >= 0.6 is 11.3 Å². The lowest BCUT2D eigenvalue weighted by Crippen LogP contribution is -2.42. The van der Waals surface area contributed by atoms with Gasteiger partial charge in [0, 0.05) is 11.9 Å². The molecule has 4 heterocycles. The molecule has 0 spiro atoms. The maximum atomic E-state index is 12.8. The van der Waals surface area contributed by atoms with Crippen molar-refractivity contribution in [1.82, 2.24) is 14.5 Å². The number of carbonyl (C=O) groups is 1. The topological polar surface area (TPSA) is 119 Å². The van der Waals surface area contributed by atoms with E-state index in [0.29, 0.717) is 24.2 Å². The van der Waals surface area contributed by atoms with Crippen molar-refractivity contribution in [3.63, 3.8) is 0 Å². The minimum absolute atomic E-state index is 0.115. The van der Waals surface area contributed by atoms with E-state index in [2.05, 4.69) is 15.5 Å². The third-order valence-electron chi connectivity index (χ3n) is 4.86. The van der Waals surface area contributed by atoms with Crippen molar-refractivity contribution in [3.05, 3.63) is 47.8 Å². The summed E-state index contributed by atoms with van der Waals surface area (Å²) in [7, 11) is -3.73. The zero-order valence-electron chi connectivity index (χ0n) is 15.5. The van der Waals surface area contributed by atoms with Gasteiger partial charge in [-0.2, -0.15) is 4.31 Å². The number of benzene rings is 1. The molecule has 0 bridgehead atoms. The highest BCUT2D eigenvalue weighted by atomic mass is 32.2. The molecule has 1 amide bonds. The second-order valence-electron chi connectivity index (χ2n) is 6.76. The van der Waals surface area contributed by atoms with Gasteiger partial charge in [-0.15, -0.1) is 16.4 Å². The van der Waals surface area contributed by atoms with Crippen LogP contribution in [0.2, 0.25) is 0 Å². The Balaban J connectivity index is 1.34. The van der Waals surface area contributed by atoms with E-state index in [1.807, 2.05) is 24.3 Å². The lowest BCUT2D eigenvalue weighted by molar-refractivity contribution is -0.119. The van der Waals surface area contributed by atoms with E-state index in [-0.39, 0.29) is 22.7 Å². The van der Waals surface area contributed by atoms with Crippen LogP contribution < -0.4 is 5.32 Å². The first-order valence-corrected chi connectivity index (χ1v) is 11.5. The lowest BCUT2D eigenvalue weighted by Gasteiger charge is -2.21. The Labute approximate surface area is 175 Å². The standard InChI is InChI=1S/C19H16N4O5S2/c24-17(13-6-3-9-23(13)30(25,26)16-8-4-10-29-16)20-19-22-21-18(28-19)15-11-12-5-1-2-7-14(12)27-15/h1-2,4-5,7-8,10-11,13H,3,6,9H2,(H,20,22,24). The molecule has 5 rings (SSSR count). The van der Waals surface area contributed by atoms with Gasteiger partial charge in [0.2, 0.25) is 5.91 Å². The molecular weight excluding hydrogens is 428 g/mol. The first kappa shape index (κ1) is 19.0. The molecule has 3 aromatic heterocycles. The summed E-state index contributed by atoms with van der Waals surface area (Å²) in [6, 6.07) is 11.5. The lowest BCUT2D eigenvalue weighted by atomic mass is 10.2. The second-order valence-corrected chi connectivity index (χ2v) is 9.82. The van der Waals surface area contributed by atoms with Crippen molar-refractivity contribution in [2.45, 2.75) is 23.1 Å². The summed E-state index contributed by atoms with van der Waals surface area (Å²) >= 11 is 1.12. The van der Waals surface area contributed by atoms with Crippen LogP contribution in [-0.4, -0.2) is 41.4 Å². The fraction of sp³-hybridized carbons (Fsp3) is 0.211. The first-order chi connectivity index (χ1) is 14.5. The normalized spacial score (nSPS) is 17.5. The van der Waals surface area contributed by atoms with Gasteiger partial charge in [0.15, 0.2) is 5.76 Å². The molecule has 4 aromatic rings. The molecule has 1 aliphatic rings. The van der Waals surface area contributed by atoms with E-state index in [0.717, 1.165) is 16.7 Å². The first-order valence-electron chi connectivity index (χ1n) is 9.21. The molecule has 0 saturated carbocycles. The third-order valence-corrected chi connectivity index (χ3v) is 8.14. The average molecular weight is 444 g/mol. The molecule has 9 nitrogen and oxygen atoms in total. The van der Waals surface area contributed by atoms with Gasteiger partial charge in [0.25, 0.3) is 15.9 Å². The molecule has 1 atom stereocenters. The molecule has 11 heteroatoms. The van der Waals surface area contributed by atoms with Gasteiger partial charge in [-0.25, -0.2) is 8.42 Å². The molecule has 1 N–H and O–H groups in total. The van der Waals surface area contributed by atoms with Crippen molar-refractivity contribution in [2.24, 2.45) is 0 Å². The van der Waals surface area contributed by atoms with Gasteiger partial charge in [-0.3, -0.25) is 10.1 Å². The van der Waals surface area contributed by atoms with E-state index < -0.39 is 22.0 Å². The number of nitrogens with zero attached hydrogens (tertiary/aromatic N) is 3. The Morgan fingerprint density at radius 2 is 2.03 bits per heavy atom. The highest BCUT2D eigenvalue weighted by Crippen LogP contribution is 2.30. The van der Waals surface area contributed by atoms with Crippen LogP contribution in [0.4, 0.5) is 6.01 Å². The molecular formula is C19H16N4O5S2. The van der Waals surface area contributed by atoms with Gasteiger partial charge >= 0.3 is 6.01 Å². The number of carbonyl (C=O) groups excluding carboxylic acids is 1. The van der Waals surface area contributed by atoms with E-state index in [1.165, 1.54) is 10.4 Å². The predicted molar refractivity (Wildman–Crippen MR) is 109 cm³/mol. The monoisotopic (exact) mass is 444 g/mol. The number of sulfonamides is 1. The molecule has 0 aliphatic carbocycles. The second kappa shape index (κ2) is 7.35. The summed E-state index contributed by atoms with van der Waals surface area (Å²) in [4.78, 5) is 12.8. The fourth-order valence-corrected chi connectivity index (χ4v) is 6.24. The summed E-state index contributed by atoms with van der Waals surface area (Å²) in [5.74, 6) is -0.00427. The van der Waals surface area contributed by atoms with Crippen LogP contribution in [0.25, 0.3) is 22.6 Å². The smallest absolute Gasteiger partial charge is 0.322 e. The van der Waals surface area contributed by atoms with E-state index in [1.54, 1.807) is 17.5 Å². The molecule has 1 saturated heterocycles. The molecule has 1 aromatic carbocycles. The van der Waals surface area contributed by atoms with Gasteiger partial charge in [-0.1, -0.05) is 29.4 Å². The Bertz CT molecular complexity index is 1280. The van der Waals surface area contributed by atoms with Crippen LogP contribution in [0, 0.1) is 0 Å². The van der Waals surface area contributed by atoms with Crippen molar-refractivity contribution >= 4 is 44.3 Å². The number of furan rings is 1. The Kier molecular flexibility index (Phi) is 4.65. The summed E-state index contributed by atoms with van der Waals surface area (Å²) < 4.78 is 38.3. The molecule has 1 aliphatic heterocycles. The van der Waals surface area contributed by atoms with Gasteiger partial charge < -0.3 is 8.83 Å². The molecule has 0 radical (unpaired) electrons. The number of rotatable bonds is 5. The highest BCUT2D eigenvalue weighted by Gasteiger charge is 2.40. The van der Waals surface area contributed by atoms with E-state index in [9.17, 15) is 13.2 Å². The summed E-state index contributed by atoms with van der Waals surface area (Å²) in [6.07, 6.45) is 1.01. The number of hydrogen-bond donors (Lipinski definition) is 1. The maximum Gasteiger partial charge on any atom is 0.322 e. The maximum absolute atomic E-state index is 12.8. The van der Waals surface area contributed by atoms with Gasteiger partial charge in [0.1, 0.15) is 15.8 Å². The largest absolute Gasteiger partial charge is 0.451 e. The molecule has 1 unspecified atom stereocenters. The number of anilines is 1. The summed E-state index contributed by atoms with van der Waals surface area (Å²) in [5, 5.41) is 12.9. The number of hydrogen-bond acceptors (Lipinski definition) is 8. The number of thiophene rings is 1. The third kappa shape index (κ3) is 3.30. The summed E-state index contributed by atoms with van der Waals surface area (Å²) in [6.45, 7) is 0.284. The minimum atomic E-state index is -3.73. The fourth-order valence-electron chi connectivity index (χ4n) is 3.46. The Hall–Kier alpha value is -3.02. The molecule has 1 fully saturated rings. The molecule has 30 heavy (non-hydrogen) atoms. The predicted octanol–water partition coefficient (Wildman–Crippen LogP) is 3.34. The quantitative estimate of drug-likeness (QED) is 0.501. The van der Waals surface area contributed by atoms with Crippen molar-refractivity contribution < 1.29 is 22.0 Å².